The van der Waals surface area contributed by atoms with Crippen LogP contribution in [0.15, 0.2) is 60.8 Å². The number of nitrogens with two attached hydrogens (primary N) is 1. The topological polar surface area (TPSA) is 48.1 Å². The quantitative estimate of drug-likeness (QED) is 0.792. The monoisotopic (exact) mass is 278 g/mol. The van der Waals surface area contributed by atoms with Crippen molar-refractivity contribution in [3.05, 3.63) is 71.9 Å². The van der Waals surface area contributed by atoms with Crippen LogP contribution >= 0.6 is 0 Å². The van der Waals surface area contributed by atoms with Crippen LogP contribution in [0.4, 0.5) is 0 Å². The Morgan fingerprint density at radius 2 is 1.95 bits per heavy atom. The highest BCUT2D eigenvalue weighted by Gasteiger charge is 2.13. The molecule has 0 bridgehead atoms. The normalized spacial score (nSPS) is 12.3. The van der Waals surface area contributed by atoms with Gasteiger partial charge in [0, 0.05) is 11.6 Å². The highest BCUT2D eigenvalue weighted by molar-refractivity contribution is 5.82. The lowest BCUT2D eigenvalue weighted by Gasteiger charge is -2.16. The molecule has 0 amide bonds. The van der Waals surface area contributed by atoms with Gasteiger partial charge in [-0.3, -0.25) is 4.98 Å². The van der Waals surface area contributed by atoms with Gasteiger partial charge in [-0.15, -0.1) is 0 Å². The zero-order valence-corrected chi connectivity index (χ0v) is 12.0. The van der Waals surface area contributed by atoms with E-state index in [4.69, 9.17) is 10.5 Å². The van der Waals surface area contributed by atoms with Crippen LogP contribution in [0.5, 0.6) is 5.75 Å². The lowest BCUT2D eigenvalue weighted by atomic mass is 9.96. The fourth-order valence-corrected chi connectivity index (χ4v) is 2.53. The molecule has 2 N–H and O–H groups in total. The van der Waals surface area contributed by atoms with Crippen LogP contribution in [0.1, 0.15) is 24.1 Å². The third kappa shape index (κ3) is 2.73. The molecule has 21 heavy (non-hydrogen) atoms. The van der Waals surface area contributed by atoms with Crippen molar-refractivity contribution in [2.75, 3.05) is 6.61 Å². The molecule has 3 aromatic rings. The third-order valence-electron chi connectivity index (χ3n) is 3.55. The Kier molecular flexibility index (Phi) is 3.84. The Hall–Kier alpha value is -2.39. The van der Waals surface area contributed by atoms with E-state index in [1.165, 1.54) is 0 Å². The zero-order valence-electron chi connectivity index (χ0n) is 12.0. The SMILES string of the molecule is CCOc1cccc(C(N)c2ccnc3ccccc23)c1. The van der Waals surface area contributed by atoms with Gasteiger partial charge in [0.1, 0.15) is 5.75 Å². The van der Waals surface area contributed by atoms with Gasteiger partial charge >= 0.3 is 0 Å². The van der Waals surface area contributed by atoms with Crippen molar-refractivity contribution in [1.82, 2.24) is 4.98 Å². The van der Waals surface area contributed by atoms with E-state index in [1.54, 1.807) is 0 Å². The van der Waals surface area contributed by atoms with E-state index < -0.39 is 0 Å². The molecule has 1 heterocycles. The third-order valence-corrected chi connectivity index (χ3v) is 3.55. The summed E-state index contributed by atoms with van der Waals surface area (Å²) >= 11 is 0. The lowest BCUT2D eigenvalue weighted by Crippen LogP contribution is -2.12. The molecule has 0 fully saturated rings. The maximum atomic E-state index is 6.46. The Labute approximate surface area is 124 Å². The second-order valence-electron chi connectivity index (χ2n) is 4.90. The summed E-state index contributed by atoms with van der Waals surface area (Å²) in [6, 6.07) is 17.8. The average Bonchev–Trinajstić information content (AvgIpc) is 2.54. The highest BCUT2D eigenvalue weighted by atomic mass is 16.5. The van der Waals surface area contributed by atoms with Crippen LogP contribution in [-0.2, 0) is 0 Å². The Morgan fingerprint density at radius 1 is 1.10 bits per heavy atom. The Bertz CT molecular complexity index is 750. The molecule has 0 radical (unpaired) electrons. The van der Waals surface area contributed by atoms with Crippen LogP contribution in [0, 0.1) is 0 Å². The van der Waals surface area contributed by atoms with Gasteiger partial charge in [0.2, 0.25) is 0 Å². The van der Waals surface area contributed by atoms with Gasteiger partial charge in [0.25, 0.3) is 0 Å². The van der Waals surface area contributed by atoms with Crippen LogP contribution < -0.4 is 10.5 Å². The number of nitrogens with zero attached hydrogens (tertiary/aromatic N) is 1. The standard InChI is InChI=1S/C18H18N2O/c1-2-21-14-7-5-6-13(12-14)18(19)16-10-11-20-17-9-4-3-8-15(16)17/h3-12,18H,2,19H2,1H3. The number of pyridine rings is 1. The minimum atomic E-state index is -0.196. The minimum Gasteiger partial charge on any atom is -0.494 e. The van der Waals surface area contributed by atoms with E-state index in [0.29, 0.717) is 6.61 Å². The van der Waals surface area contributed by atoms with E-state index in [1.807, 2.05) is 61.7 Å². The van der Waals surface area contributed by atoms with E-state index >= 15 is 0 Å². The van der Waals surface area contributed by atoms with E-state index in [0.717, 1.165) is 27.8 Å². The summed E-state index contributed by atoms with van der Waals surface area (Å²) in [4.78, 5) is 4.38. The molecule has 0 aliphatic carbocycles. The Balaban J connectivity index is 2.04. The molecule has 1 atom stereocenters. The van der Waals surface area contributed by atoms with Gasteiger partial charge < -0.3 is 10.5 Å². The van der Waals surface area contributed by atoms with Crippen molar-refractivity contribution in [1.29, 1.82) is 0 Å². The highest BCUT2D eigenvalue weighted by Crippen LogP contribution is 2.27. The van der Waals surface area contributed by atoms with Gasteiger partial charge in [-0.25, -0.2) is 0 Å². The van der Waals surface area contributed by atoms with E-state index in [9.17, 15) is 0 Å². The lowest BCUT2D eigenvalue weighted by molar-refractivity contribution is 0.340. The number of ether oxygens (including phenoxy) is 1. The first-order valence-corrected chi connectivity index (χ1v) is 7.11. The molecule has 0 spiro atoms. The summed E-state index contributed by atoms with van der Waals surface area (Å²) in [5, 5.41) is 1.09. The molecule has 0 saturated carbocycles. The summed E-state index contributed by atoms with van der Waals surface area (Å²) in [5.74, 6) is 0.851. The van der Waals surface area contributed by atoms with Gasteiger partial charge in [0.15, 0.2) is 0 Å². The second-order valence-corrected chi connectivity index (χ2v) is 4.90. The van der Waals surface area contributed by atoms with Crippen molar-refractivity contribution in [2.24, 2.45) is 5.73 Å². The van der Waals surface area contributed by atoms with Crippen LogP contribution in [-0.4, -0.2) is 11.6 Å². The Morgan fingerprint density at radius 3 is 2.81 bits per heavy atom. The molecular formula is C18H18N2O. The van der Waals surface area contributed by atoms with Gasteiger partial charge in [0.05, 0.1) is 18.2 Å². The maximum absolute atomic E-state index is 6.46. The zero-order chi connectivity index (χ0) is 14.7. The summed E-state index contributed by atoms with van der Waals surface area (Å²) in [7, 11) is 0. The molecule has 0 aliphatic rings. The molecule has 1 unspecified atom stereocenters. The summed E-state index contributed by atoms with van der Waals surface area (Å²) in [6.45, 7) is 2.62. The van der Waals surface area contributed by atoms with Crippen molar-refractivity contribution in [3.8, 4) is 5.75 Å². The average molecular weight is 278 g/mol. The summed E-state index contributed by atoms with van der Waals surface area (Å²) in [6.07, 6.45) is 1.81. The van der Waals surface area contributed by atoms with E-state index in [-0.39, 0.29) is 6.04 Å². The van der Waals surface area contributed by atoms with Crippen LogP contribution in [0.25, 0.3) is 10.9 Å². The molecule has 3 rings (SSSR count). The molecule has 3 heteroatoms. The van der Waals surface area contributed by atoms with Gasteiger partial charge in [-0.05, 0) is 42.3 Å². The second kappa shape index (κ2) is 5.94. The number of hydrogen-bond donors (Lipinski definition) is 1. The molecular weight excluding hydrogens is 260 g/mol. The predicted molar refractivity (Wildman–Crippen MR) is 85.4 cm³/mol. The van der Waals surface area contributed by atoms with Gasteiger partial charge in [-0.1, -0.05) is 30.3 Å². The molecule has 3 nitrogen and oxygen atoms in total. The fraction of sp³-hybridized carbons (Fsp3) is 0.167. The van der Waals surface area contributed by atoms with Crippen LogP contribution in [0.3, 0.4) is 0 Å². The molecule has 1 aromatic heterocycles. The predicted octanol–water partition coefficient (Wildman–Crippen LogP) is 3.68. The van der Waals surface area contributed by atoms with E-state index in [2.05, 4.69) is 11.1 Å². The molecule has 0 saturated heterocycles. The van der Waals surface area contributed by atoms with Crippen molar-refractivity contribution >= 4 is 10.9 Å². The first-order chi connectivity index (χ1) is 10.3. The first kappa shape index (κ1) is 13.6. The van der Waals surface area contributed by atoms with Gasteiger partial charge in [-0.2, -0.15) is 0 Å². The number of para-hydroxylation sites is 1. The fourth-order valence-electron chi connectivity index (χ4n) is 2.53. The maximum Gasteiger partial charge on any atom is 0.119 e. The number of benzene rings is 2. The largest absolute Gasteiger partial charge is 0.494 e. The van der Waals surface area contributed by atoms with Crippen molar-refractivity contribution < 1.29 is 4.74 Å². The summed E-state index contributed by atoms with van der Waals surface area (Å²) < 4.78 is 5.55. The van der Waals surface area contributed by atoms with Crippen molar-refractivity contribution in [2.45, 2.75) is 13.0 Å². The first-order valence-electron chi connectivity index (χ1n) is 7.11. The summed E-state index contributed by atoms with van der Waals surface area (Å²) in [5.41, 5.74) is 9.55. The number of rotatable bonds is 4. The number of fused-ring (bicyclic) bond motifs is 1. The van der Waals surface area contributed by atoms with Crippen LogP contribution in [0.2, 0.25) is 0 Å². The number of hydrogen-bond acceptors (Lipinski definition) is 3. The molecule has 2 aromatic carbocycles. The number of aromatic nitrogens is 1. The molecule has 106 valence electrons. The van der Waals surface area contributed by atoms with Crippen molar-refractivity contribution in [3.63, 3.8) is 0 Å². The molecule has 0 aliphatic heterocycles. The minimum absolute atomic E-state index is 0.196. The smallest absolute Gasteiger partial charge is 0.119 e.